The molecule has 118 valence electrons. The van der Waals surface area contributed by atoms with E-state index in [4.69, 9.17) is 4.74 Å². The molecular weight excluding hydrogens is 286 g/mol. The molecule has 2 saturated heterocycles. The average Bonchev–Trinajstić information content (AvgIpc) is 2.78. The molecule has 0 aromatic heterocycles. The number of aliphatic hydroxyl groups is 1. The van der Waals surface area contributed by atoms with Gasteiger partial charge in [-0.15, -0.1) is 0 Å². The lowest BCUT2D eigenvalue weighted by Crippen LogP contribution is -2.68. The third-order valence-electron chi connectivity index (χ3n) is 4.93. The van der Waals surface area contributed by atoms with Crippen molar-refractivity contribution in [3.8, 4) is 0 Å². The highest BCUT2D eigenvalue weighted by atomic mass is 16.6. The Bertz CT molecular complexity index is 589. The number of fused-ring (bicyclic) bond motifs is 2. The number of aliphatic carboxylic acids is 1. The fourth-order valence-corrected chi connectivity index (χ4v) is 3.72. The van der Waals surface area contributed by atoms with Crippen molar-refractivity contribution < 1.29 is 24.5 Å². The summed E-state index contributed by atoms with van der Waals surface area (Å²) in [6.07, 6.45) is 0.482. The van der Waals surface area contributed by atoms with E-state index in [-0.39, 0.29) is 11.6 Å². The molecule has 2 aliphatic rings. The molecule has 2 aliphatic heterocycles. The normalized spacial score (nSPS) is 34.4. The first kappa shape index (κ1) is 15.0. The molecule has 0 unspecified atom stereocenters. The molecule has 2 N–H and O–H groups in total. The maximum Gasteiger partial charge on any atom is 0.352 e. The largest absolute Gasteiger partial charge is 0.478 e. The van der Waals surface area contributed by atoms with Gasteiger partial charge < -0.3 is 14.9 Å². The van der Waals surface area contributed by atoms with Crippen molar-refractivity contribution in [2.24, 2.45) is 0 Å². The summed E-state index contributed by atoms with van der Waals surface area (Å²) in [5.41, 5.74) is -1.63. The van der Waals surface area contributed by atoms with Crippen LogP contribution in [0.4, 0.5) is 0 Å². The highest BCUT2D eigenvalue weighted by Gasteiger charge is 2.63. The first-order valence-electron chi connectivity index (χ1n) is 7.38. The molecule has 0 amide bonds. The molecule has 2 heterocycles. The summed E-state index contributed by atoms with van der Waals surface area (Å²) in [7, 11) is 1.82. The zero-order valence-corrected chi connectivity index (χ0v) is 12.3. The topological polar surface area (TPSA) is 87.1 Å². The van der Waals surface area contributed by atoms with Gasteiger partial charge >= 0.3 is 11.9 Å². The molecule has 1 aromatic rings. The minimum absolute atomic E-state index is 0.142. The van der Waals surface area contributed by atoms with Crippen LogP contribution in [0.1, 0.15) is 29.6 Å². The number of benzene rings is 1. The Balaban J connectivity index is 1.95. The standard InChI is InChI=1S/C16H19NO5/c1-17-11-7-8-12(17)16(15(20)21,13(18)9-11)22-14(19)10-5-3-2-4-6-10/h2-6,11-13,18H,7-9H2,1H3,(H,20,21)/t11-,12+,13-,16+/m0/s1. The number of ether oxygens (including phenoxy) is 1. The van der Waals surface area contributed by atoms with E-state index < -0.39 is 29.7 Å². The number of rotatable bonds is 3. The van der Waals surface area contributed by atoms with Crippen LogP contribution in [0.3, 0.4) is 0 Å². The first-order chi connectivity index (χ1) is 10.5. The minimum atomic E-state index is -1.91. The lowest BCUT2D eigenvalue weighted by atomic mass is 9.82. The number of carbonyl (C=O) groups is 2. The van der Waals surface area contributed by atoms with E-state index in [0.717, 1.165) is 6.42 Å². The van der Waals surface area contributed by atoms with Crippen LogP contribution < -0.4 is 0 Å². The Labute approximate surface area is 128 Å². The van der Waals surface area contributed by atoms with Crippen LogP contribution in [0.2, 0.25) is 0 Å². The number of esters is 1. The van der Waals surface area contributed by atoms with Crippen molar-refractivity contribution in [3.05, 3.63) is 35.9 Å². The van der Waals surface area contributed by atoms with E-state index in [9.17, 15) is 19.8 Å². The van der Waals surface area contributed by atoms with E-state index in [1.807, 2.05) is 11.9 Å². The number of nitrogens with zero attached hydrogens (tertiary/aromatic N) is 1. The highest BCUT2D eigenvalue weighted by Crippen LogP contribution is 2.43. The van der Waals surface area contributed by atoms with Gasteiger partial charge in [0.25, 0.3) is 0 Å². The molecule has 6 nitrogen and oxygen atoms in total. The predicted molar refractivity (Wildman–Crippen MR) is 77.4 cm³/mol. The van der Waals surface area contributed by atoms with E-state index in [1.165, 1.54) is 0 Å². The quantitative estimate of drug-likeness (QED) is 0.807. The van der Waals surface area contributed by atoms with Gasteiger partial charge in [0.2, 0.25) is 5.60 Å². The number of carboxylic acid groups (broad SMARTS) is 1. The van der Waals surface area contributed by atoms with Crippen LogP contribution in [0, 0.1) is 0 Å². The lowest BCUT2D eigenvalue weighted by molar-refractivity contribution is -0.193. The van der Waals surface area contributed by atoms with Crippen LogP contribution in [0.15, 0.2) is 30.3 Å². The Kier molecular flexibility index (Phi) is 3.66. The van der Waals surface area contributed by atoms with Crippen molar-refractivity contribution in [1.29, 1.82) is 0 Å². The smallest absolute Gasteiger partial charge is 0.352 e. The molecule has 2 bridgehead atoms. The second-order valence-electron chi connectivity index (χ2n) is 6.02. The fourth-order valence-electron chi connectivity index (χ4n) is 3.72. The molecule has 3 rings (SSSR count). The minimum Gasteiger partial charge on any atom is -0.478 e. The first-order valence-corrected chi connectivity index (χ1v) is 7.38. The van der Waals surface area contributed by atoms with Gasteiger partial charge in [-0.2, -0.15) is 0 Å². The van der Waals surface area contributed by atoms with Gasteiger partial charge in [0.15, 0.2) is 0 Å². The molecule has 0 aliphatic carbocycles. The summed E-state index contributed by atoms with van der Waals surface area (Å²) < 4.78 is 5.41. The summed E-state index contributed by atoms with van der Waals surface area (Å²) in [4.78, 5) is 26.2. The Hall–Kier alpha value is -1.92. The van der Waals surface area contributed by atoms with Crippen molar-refractivity contribution in [2.75, 3.05) is 7.05 Å². The third kappa shape index (κ3) is 2.10. The van der Waals surface area contributed by atoms with E-state index in [2.05, 4.69) is 0 Å². The zero-order valence-electron chi connectivity index (χ0n) is 12.3. The summed E-state index contributed by atoms with van der Waals surface area (Å²) >= 11 is 0. The average molecular weight is 305 g/mol. The number of piperidine rings is 1. The second kappa shape index (κ2) is 5.37. The third-order valence-corrected chi connectivity index (χ3v) is 4.93. The maximum absolute atomic E-state index is 12.3. The summed E-state index contributed by atoms with van der Waals surface area (Å²) in [6, 6.07) is 7.88. The van der Waals surface area contributed by atoms with Gasteiger partial charge in [-0.25, -0.2) is 9.59 Å². The van der Waals surface area contributed by atoms with Crippen LogP contribution >= 0.6 is 0 Å². The number of hydrogen-bond acceptors (Lipinski definition) is 5. The van der Waals surface area contributed by atoms with Gasteiger partial charge in [-0.05, 0) is 38.4 Å². The molecule has 0 spiro atoms. The van der Waals surface area contributed by atoms with Crippen LogP contribution in [0.5, 0.6) is 0 Å². The molecule has 0 saturated carbocycles. The van der Waals surface area contributed by atoms with E-state index >= 15 is 0 Å². The van der Waals surface area contributed by atoms with Gasteiger partial charge in [0, 0.05) is 6.04 Å². The van der Waals surface area contributed by atoms with Crippen LogP contribution in [0.25, 0.3) is 0 Å². The maximum atomic E-state index is 12.3. The number of aliphatic hydroxyl groups excluding tert-OH is 1. The molecular formula is C16H19NO5. The van der Waals surface area contributed by atoms with Gasteiger partial charge in [-0.3, -0.25) is 4.90 Å². The lowest BCUT2D eigenvalue weighted by Gasteiger charge is -2.46. The van der Waals surface area contributed by atoms with Gasteiger partial charge in [-0.1, -0.05) is 18.2 Å². The number of hydrogen-bond donors (Lipinski definition) is 2. The Morgan fingerprint density at radius 1 is 1.27 bits per heavy atom. The number of likely N-dealkylation sites (N-methyl/N-ethyl adjacent to an activating group) is 1. The van der Waals surface area contributed by atoms with Gasteiger partial charge in [0.05, 0.1) is 11.6 Å². The molecule has 1 aromatic carbocycles. The number of carboxylic acids is 1. The molecule has 0 radical (unpaired) electrons. The second-order valence-corrected chi connectivity index (χ2v) is 6.02. The monoisotopic (exact) mass is 305 g/mol. The van der Waals surface area contributed by atoms with E-state index in [0.29, 0.717) is 12.8 Å². The van der Waals surface area contributed by atoms with Crippen LogP contribution in [-0.2, 0) is 9.53 Å². The fraction of sp³-hybridized carbons (Fsp3) is 0.500. The Morgan fingerprint density at radius 2 is 1.95 bits per heavy atom. The van der Waals surface area contributed by atoms with Crippen molar-refractivity contribution in [3.63, 3.8) is 0 Å². The van der Waals surface area contributed by atoms with Crippen molar-refractivity contribution in [1.82, 2.24) is 4.90 Å². The number of carbonyl (C=O) groups excluding carboxylic acids is 1. The molecule has 4 atom stereocenters. The van der Waals surface area contributed by atoms with Crippen molar-refractivity contribution in [2.45, 2.75) is 43.1 Å². The summed E-state index contributed by atoms with van der Waals surface area (Å²) in [5, 5.41) is 20.1. The highest BCUT2D eigenvalue weighted by molar-refractivity contribution is 5.93. The molecule has 6 heteroatoms. The van der Waals surface area contributed by atoms with Gasteiger partial charge in [0.1, 0.15) is 6.10 Å². The summed E-state index contributed by atoms with van der Waals surface area (Å²) in [6.45, 7) is 0. The van der Waals surface area contributed by atoms with Crippen LogP contribution in [-0.4, -0.2) is 57.9 Å². The predicted octanol–water partition coefficient (Wildman–Crippen LogP) is 0.894. The summed E-state index contributed by atoms with van der Waals surface area (Å²) in [5.74, 6) is -2.01. The SMILES string of the molecule is CN1[C@H]2CC[C@@H]1[C@](OC(=O)c1ccccc1)(C(=O)O)[C@@H](O)C2. The Morgan fingerprint density at radius 3 is 2.59 bits per heavy atom. The van der Waals surface area contributed by atoms with Crippen molar-refractivity contribution >= 4 is 11.9 Å². The molecule has 22 heavy (non-hydrogen) atoms. The molecule has 2 fully saturated rings. The van der Waals surface area contributed by atoms with E-state index in [1.54, 1.807) is 30.3 Å². The zero-order chi connectivity index (χ0) is 15.9.